The summed E-state index contributed by atoms with van der Waals surface area (Å²) in [7, 11) is 1.93. The van der Waals surface area contributed by atoms with E-state index >= 15 is 0 Å². The average Bonchev–Trinajstić information content (AvgIpc) is 2.67. The van der Waals surface area contributed by atoms with Gasteiger partial charge in [0.1, 0.15) is 0 Å². The van der Waals surface area contributed by atoms with Crippen LogP contribution in [-0.4, -0.2) is 18.4 Å². The molecule has 4 unspecified atom stereocenters. The molecule has 18 heavy (non-hydrogen) atoms. The number of hydrogen-bond donors (Lipinski definition) is 0. The van der Waals surface area contributed by atoms with Gasteiger partial charge in [0.15, 0.2) is 0 Å². The van der Waals surface area contributed by atoms with E-state index in [9.17, 15) is 0 Å². The van der Waals surface area contributed by atoms with Crippen LogP contribution in [-0.2, 0) is 4.74 Å². The van der Waals surface area contributed by atoms with Crippen LogP contribution in [0.4, 0.5) is 0 Å². The molecule has 0 amide bonds. The molecule has 3 aliphatic rings. The third-order valence-electron chi connectivity index (χ3n) is 5.93. The quantitative estimate of drug-likeness (QED) is 0.529. The first-order chi connectivity index (χ1) is 8.36. The van der Waals surface area contributed by atoms with Crippen LogP contribution >= 0.6 is 0 Å². The number of hydrogen-bond acceptors (Lipinski definition) is 1. The number of likely N-dealkylation sites (N-methyl/N-ethyl adjacent to an activating group) is 1. The zero-order valence-corrected chi connectivity index (χ0v) is 12.3. The zero-order valence-electron chi connectivity index (χ0n) is 12.3. The van der Waals surface area contributed by atoms with Crippen molar-refractivity contribution in [1.82, 2.24) is 0 Å². The molecule has 102 valence electrons. The van der Waals surface area contributed by atoms with E-state index in [1.165, 1.54) is 37.7 Å². The Labute approximate surface area is 111 Å². The minimum atomic E-state index is -0.226. The molecule has 0 aromatic rings. The van der Waals surface area contributed by atoms with Gasteiger partial charge in [-0.3, -0.25) is 0 Å². The molecule has 2 aliphatic carbocycles. The third kappa shape index (κ3) is 1.42. The van der Waals surface area contributed by atoms with Crippen LogP contribution < -0.4 is 0 Å². The Morgan fingerprint density at radius 3 is 2.50 bits per heavy atom. The van der Waals surface area contributed by atoms with Gasteiger partial charge in [-0.25, -0.2) is 0 Å². The molecule has 1 aliphatic heterocycles. The minimum absolute atomic E-state index is 0.0740. The molecule has 3 rings (SSSR count). The molecule has 0 N–H and O–H groups in total. The second-order valence-electron chi connectivity index (χ2n) is 7.32. The third-order valence-corrected chi connectivity index (χ3v) is 5.93. The number of fused-ring (bicyclic) bond motifs is 1. The maximum atomic E-state index is 6.06. The summed E-state index contributed by atoms with van der Waals surface area (Å²) in [6.07, 6.45) is 6.45. The molecule has 0 aromatic heterocycles. The highest BCUT2D eigenvalue weighted by Crippen LogP contribution is 2.67. The first-order valence-electron chi connectivity index (χ1n) is 7.35. The molecular weight excluding hydrogens is 222 g/mol. The summed E-state index contributed by atoms with van der Waals surface area (Å²) in [6.45, 7) is 11.2. The second kappa shape index (κ2) is 3.61. The van der Waals surface area contributed by atoms with Crippen LogP contribution in [0.25, 0.3) is 5.32 Å². The summed E-state index contributed by atoms with van der Waals surface area (Å²) < 4.78 is 6.06. The predicted molar refractivity (Wildman–Crippen MR) is 74.5 cm³/mol. The van der Waals surface area contributed by atoms with Crippen molar-refractivity contribution in [3.63, 3.8) is 0 Å². The molecule has 2 saturated carbocycles. The van der Waals surface area contributed by atoms with Gasteiger partial charge in [-0.15, -0.1) is 0 Å². The lowest BCUT2D eigenvalue weighted by molar-refractivity contribution is 0.137. The maximum absolute atomic E-state index is 6.06. The molecule has 1 saturated heterocycles. The van der Waals surface area contributed by atoms with Crippen LogP contribution in [0.2, 0.25) is 0 Å². The Balaban J connectivity index is 1.93. The van der Waals surface area contributed by atoms with E-state index in [2.05, 4.69) is 32.7 Å². The Hall–Kier alpha value is -0.340. The number of epoxide rings is 1. The number of ether oxygens (including phenoxy) is 1. The van der Waals surface area contributed by atoms with E-state index in [1.807, 2.05) is 7.05 Å². The Kier molecular flexibility index (Phi) is 2.54. The van der Waals surface area contributed by atoms with E-state index in [0.717, 1.165) is 0 Å². The van der Waals surface area contributed by atoms with Crippen molar-refractivity contribution in [1.29, 1.82) is 0 Å². The Bertz CT molecular complexity index is 389. The van der Waals surface area contributed by atoms with Gasteiger partial charge in [0.2, 0.25) is 0 Å². The highest BCUT2D eigenvalue weighted by Gasteiger charge is 2.65. The van der Waals surface area contributed by atoms with Crippen molar-refractivity contribution in [3.05, 3.63) is 17.5 Å². The predicted octanol–water partition coefficient (Wildman–Crippen LogP) is 4.27. The summed E-state index contributed by atoms with van der Waals surface area (Å²) in [5.74, 6) is 1.17. The van der Waals surface area contributed by atoms with Crippen molar-refractivity contribution in [2.45, 2.75) is 64.2 Å². The van der Waals surface area contributed by atoms with Gasteiger partial charge in [0.25, 0.3) is 0 Å². The first kappa shape index (κ1) is 12.7. The summed E-state index contributed by atoms with van der Waals surface area (Å²) in [4.78, 5) is 0. The molecular formula is C16H26NO-. The van der Waals surface area contributed by atoms with Crippen LogP contribution in [0.15, 0.2) is 12.2 Å². The molecule has 2 heteroatoms. The maximum Gasteiger partial charge on any atom is 0.0714 e. The molecule has 0 radical (unpaired) electrons. The van der Waals surface area contributed by atoms with Gasteiger partial charge >= 0.3 is 0 Å². The normalized spacial score (nSPS) is 50.1. The average molecular weight is 248 g/mol. The zero-order chi connectivity index (χ0) is 13.2. The Morgan fingerprint density at radius 2 is 1.94 bits per heavy atom. The molecule has 4 atom stereocenters. The highest BCUT2D eigenvalue weighted by atomic mass is 16.6. The number of nitrogens with zero attached hydrogens (tertiary/aromatic N) is 1. The number of allylic oxidation sites excluding steroid dienone is 1. The Morgan fingerprint density at radius 1 is 1.28 bits per heavy atom. The lowest BCUT2D eigenvalue weighted by Gasteiger charge is -2.45. The number of rotatable bonds is 2. The van der Waals surface area contributed by atoms with E-state index in [1.54, 1.807) is 0 Å². The highest BCUT2D eigenvalue weighted by molar-refractivity contribution is 5.29. The largest absolute Gasteiger partial charge is 0.634 e. The summed E-state index contributed by atoms with van der Waals surface area (Å²) >= 11 is 0. The SMILES string of the molecule is C=C1CCCC2(C)CCC(C3([N-]C)OC3(C)C)C12. The van der Waals surface area contributed by atoms with Crippen molar-refractivity contribution in [2.24, 2.45) is 17.3 Å². The van der Waals surface area contributed by atoms with E-state index in [0.29, 0.717) is 17.3 Å². The summed E-state index contributed by atoms with van der Waals surface area (Å²) in [5, 5.41) is 4.66. The van der Waals surface area contributed by atoms with Crippen molar-refractivity contribution >= 4 is 0 Å². The second-order valence-corrected chi connectivity index (χ2v) is 7.32. The molecule has 0 bridgehead atoms. The van der Waals surface area contributed by atoms with Gasteiger partial charge in [-0.2, -0.15) is 7.05 Å². The minimum Gasteiger partial charge on any atom is -0.634 e. The van der Waals surface area contributed by atoms with Gasteiger partial charge in [0.05, 0.1) is 5.60 Å². The topological polar surface area (TPSA) is 26.6 Å². The summed E-state index contributed by atoms with van der Waals surface area (Å²) in [6, 6.07) is 0. The van der Waals surface area contributed by atoms with E-state index in [-0.39, 0.29) is 11.3 Å². The van der Waals surface area contributed by atoms with Gasteiger partial charge in [-0.05, 0) is 63.2 Å². The van der Waals surface area contributed by atoms with Crippen LogP contribution in [0.1, 0.15) is 52.9 Å². The van der Waals surface area contributed by atoms with Crippen LogP contribution in [0, 0.1) is 17.3 Å². The molecule has 2 nitrogen and oxygen atoms in total. The van der Waals surface area contributed by atoms with E-state index < -0.39 is 0 Å². The standard InChI is InChI=1S/C16H26NO/c1-11-7-6-9-15(4)10-8-12(13(11)15)16(17-5)14(2,3)18-16/h12-13H,1,6-10H2,2-5H3/q-1. The lowest BCUT2D eigenvalue weighted by atomic mass is 9.64. The fourth-order valence-electron chi connectivity index (χ4n) is 5.01. The fraction of sp³-hybridized carbons (Fsp3) is 0.875. The van der Waals surface area contributed by atoms with Crippen LogP contribution in [0.3, 0.4) is 0 Å². The fourth-order valence-corrected chi connectivity index (χ4v) is 5.01. The first-order valence-corrected chi connectivity index (χ1v) is 7.35. The molecule has 0 spiro atoms. The van der Waals surface area contributed by atoms with E-state index in [4.69, 9.17) is 4.74 Å². The van der Waals surface area contributed by atoms with Gasteiger partial charge in [-0.1, -0.05) is 19.1 Å². The van der Waals surface area contributed by atoms with Gasteiger partial charge < -0.3 is 10.1 Å². The summed E-state index contributed by atoms with van der Waals surface area (Å²) in [5.41, 5.74) is 1.62. The van der Waals surface area contributed by atoms with Crippen molar-refractivity contribution < 1.29 is 4.74 Å². The van der Waals surface area contributed by atoms with Gasteiger partial charge in [0, 0.05) is 5.72 Å². The van der Waals surface area contributed by atoms with Crippen LogP contribution in [0.5, 0.6) is 0 Å². The van der Waals surface area contributed by atoms with Crippen molar-refractivity contribution in [3.8, 4) is 0 Å². The smallest absolute Gasteiger partial charge is 0.0714 e. The molecule has 1 heterocycles. The molecule has 3 fully saturated rings. The van der Waals surface area contributed by atoms with Crippen molar-refractivity contribution in [2.75, 3.05) is 7.05 Å². The monoisotopic (exact) mass is 248 g/mol. The lowest BCUT2D eigenvalue weighted by Crippen LogP contribution is -2.38. The molecule has 0 aromatic carbocycles.